The van der Waals surface area contributed by atoms with Crippen LogP contribution in [0.3, 0.4) is 0 Å². The molecule has 1 aliphatic carbocycles. The number of hydrogen-bond donors (Lipinski definition) is 0. The molecule has 8 aromatic rings. The van der Waals surface area contributed by atoms with E-state index in [1.54, 1.807) is 0 Å². The third-order valence-electron chi connectivity index (χ3n) is 10.2. The third-order valence-corrected chi connectivity index (χ3v) is 10.2. The van der Waals surface area contributed by atoms with Gasteiger partial charge in [0.25, 0.3) is 0 Å². The molecule has 0 spiro atoms. The standard InChI is InChI=1S/C47H35N/c1-47(2)43-22-11-10-20-42(43)45-44(31-36-16-7-9-19-41(36)46(45)47)48(37-27-23-33(24-28-37)32-13-4-3-5-14-32)38-29-25-35(26-30-38)40-21-12-17-34-15-6-8-18-39(34)40/h3-31H,1-2H3. The van der Waals surface area contributed by atoms with Crippen LogP contribution in [0.15, 0.2) is 176 Å². The number of hydrogen-bond acceptors (Lipinski definition) is 1. The Morgan fingerprint density at radius 3 is 1.71 bits per heavy atom. The topological polar surface area (TPSA) is 3.24 Å². The summed E-state index contributed by atoms with van der Waals surface area (Å²) in [6.45, 7) is 4.76. The number of fused-ring (bicyclic) bond motifs is 6. The van der Waals surface area contributed by atoms with Gasteiger partial charge in [-0.1, -0.05) is 159 Å². The molecule has 1 aliphatic rings. The van der Waals surface area contributed by atoms with E-state index in [1.807, 2.05) is 0 Å². The van der Waals surface area contributed by atoms with Crippen LogP contribution in [0.5, 0.6) is 0 Å². The Balaban J connectivity index is 1.28. The van der Waals surface area contributed by atoms with Crippen LogP contribution in [0.1, 0.15) is 25.0 Å². The van der Waals surface area contributed by atoms with E-state index in [4.69, 9.17) is 0 Å². The van der Waals surface area contributed by atoms with Crippen LogP contribution < -0.4 is 4.90 Å². The fraction of sp³-hybridized carbons (Fsp3) is 0.0638. The number of nitrogens with zero attached hydrogens (tertiary/aromatic N) is 1. The summed E-state index contributed by atoms with van der Waals surface area (Å²) in [5.74, 6) is 0. The molecule has 48 heavy (non-hydrogen) atoms. The maximum Gasteiger partial charge on any atom is 0.0549 e. The minimum Gasteiger partial charge on any atom is -0.310 e. The van der Waals surface area contributed by atoms with Gasteiger partial charge in [-0.15, -0.1) is 0 Å². The first kappa shape index (κ1) is 28.3. The molecule has 8 aromatic carbocycles. The Labute approximate surface area is 282 Å². The highest BCUT2D eigenvalue weighted by molar-refractivity contribution is 6.06. The van der Waals surface area contributed by atoms with Crippen molar-refractivity contribution in [2.45, 2.75) is 19.3 Å². The second-order valence-electron chi connectivity index (χ2n) is 13.4. The Morgan fingerprint density at radius 1 is 0.417 bits per heavy atom. The zero-order chi connectivity index (χ0) is 32.2. The third kappa shape index (κ3) is 4.47. The lowest BCUT2D eigenvalue weighted by molar-refractivity contribution is 0.666. The van der Waals surface area contributed by atoms with Gasteiger partial charge in [-0.05, 0) is 90.8 Å². The summed E-state index contributed by atoms with van der Waals surface area (Å²) in [5.41, 5.74) is 13.6. The molecular weight excluding hydrogens is 579 g/mol. The van der Waals surface area contributed by atoms with Crippen LogP contribution in [0.2, 0.25) is 0 Å². The first-order chi connectivity index (χ1) is 23.6. The van der Waals surface area contributed by atoms with E-state index in [0.29, 0.717) is 0 Å². The van der Waals surface area contributed by atoms with E-state index in [0.717, 1.165) is 11.4 Å². The van der Waals surface area contributed by atoms with E-state index in [2.05, 4.69) is 195 Å². The minimum atomic E-state index is -0.136. The molecule has 0 unspecified atom stereocenters. The summed E-state index contributed by atoms with van der Waals surface area (Å²) in [6, 6.07) is 64.3. The Morgan fingerprint density at radius 2 is 0.958 bits per heavy atom. The van der Waals surface area contributed by atoms with Gasteiger partial charge >= 0.3 is 0 Å². The summed E-state index contributed by atoms with van der Waals surface area (Å²) in [6.07, 6.45) is 0. The molecule has 0 aromatic heterocycles. The zero-order valence-electron chi connectivity index (χ0n) is 27.2. The Bertz CT molecular complexity index is 2450. The number of benzene rings is 8. The fourth-order valence-corrected chi connectivity index (χ4v) is 7.94. The van der Waals surface area contributed by atoms with Gasteiger partial charge in [0.2, 0.25) is 0 Å². The molecule has 0 saturated carbocycles. The van der Waals surface area contributed by atoms with Gasteiger partial charge in [-0.2, -0.15) is 0 Å². The van der Waals surface area contributed by atoms with E-state index in [9.17, 15) is 0 Å². The quantitative estimate of drug-likeness (QED) is 0.187. The van der Waals surface area contributed by atoms with Crippen LogP contribution in [-0.2, 0) is 5.41 Å². The molecular formula is C47H35N. The van der Waals surface area contributed by atoms with E-state index in [-0.39, 0.29) is 5.41 Å². The molecule has 0 radical (unpaired) electrons. The summed E-state index contributed by atoms with van der Waals surface area (Å²) in [5, 5.41) is 5.10. The molecule has 0 aliphatic heterocycles. The van der Waals surface area contributed by atoms with Gasteiger partial charge in [-0.3, -0.25) is 0 Å². The molecule has 0 heterocycles. The van der Waals surface area contributed by atoms with E-state index in [1.165, 1.54) is 71.7 Å². The summed E-state index contributed by atoms with van der Waals surface area (Å²) in [4.78, 5) is 2.46. The van der Waals surface area contributed by atoms with Crippen LogP contribution >= 0.6 is 0 Å². The summed E-state index contributed by atoms with van der Waals surface area (Å²) >= 11 is 0. The van der Waals surface area contributed by atoms with Crippen molar-refractivity contribution in [1.29, 1.82) is 0 Å². The summed E-state index contributed by atoms with van der Waals surface area (Å²) < 4.78 is 0. The molecule has 0 amide bonds. The zero-order valence-corrected chi connectivity index (χ0v) is 27.2. The summed E-state index contributed by atoms with van der Waals surface area (Å²) in [7, 11) is 0. The maximum absolute atomic E-state index is 2.46. The smallest absolute Gasteiger partial charge is 0.0549 e. The van der Waals surface area contributed by atoms with Crippen molar-refractivity contribution >= 4 is 38.6 Å². The molecule has 0 bridgehead atoms. The molecule has 0 N–H and O–H groups in total. The van der Waals surface area contributed by atoms with Crippen molar-refractivity contribution in [2.24, 2.45) is 0 Å². The minimum absolute atomic E-state index is 0.136. The van der Waals surface area contributed by atoms with Crippen molar-refractivity contribution in [3.05, 3.63) is 187 Å². The van der Waals surface area contributed by atoms with Gasteiger partial charge < -0.3 is 4.90 Å². The van der Waals surface area contributed by atoms with Crippen molar-refractivity contribution < 1.29 is 0 Å². The lowest BCUT2D eigenvalue weighted by Crippen LogP contribution is -2.16. The molecule has 0 atom stereocenters. The SMILES string of the molecule is CC1(C)c2ccccc2-c2c(N(c3ccc(-c4ccccc4)cc3)c3ccc(-c4cccc5ccccc45)cc3)cc3ccccc3c21. The highest BCUT2D eigenvalue weighted by atomic mass is 15.1. The highest BCUT2D eigenvalue weighted by Gasteiger charge is 2.39. The monoisotopic (exact) mass is 613 g/mol. The first-order valence-corrected chi connectivity index (χ1v) is 16.8. The average Bonchev–Trinajstić information content (AvgIpc) is 3.39. The maximum atomic E-state index is 2.46. The van der Waals surface area contributed by atoms with Gasteiger partial charge in [-0.25, -0.2) is 0 Å². The predicted molar refractivity (Wildman–Crippen MR) is 205 cm³/mol. The van der Waals surface area contributed by atoms with Crippen molar-refractivity contribution in [3.63, 3.8) is 0 Å². The second-order valence-corrected chi connectivity index (χ2v) is 13.4. The lowest BCUT2D eigenvalue weighted by atomic mass is 9.80. The Kier molecular flexibility index (Phi) is 6.55. The van der Waals surface area contributed by atoms with Crippen molar-refractivity contribution in [2.75, 3.05) is 4.90 Å². The Hall–Kier alpha value is -5.92. The molecule has 1 heteroatoms. The van der Waals surface area contributed by atoms with E-state index < -0.39 is 0 Å². The fourth-order valence-electron chi connectivity index (χ4n) is 7.94. The van der Waals surface area contributed by atoms with Crippen LogP contribution in [0.4, 0.5) is 17.1 Å². The first-order valence-electron chi connectivity index (χ1n) is 16.8. The van der Waals surface area contributed by atoms with Gasteiger partial charge in [0.1, 0.15) is 0 Å². The van der Waals surface area contributed by atoms with Crippen molar-refractivity contribution in [1.82, 2.24) is 0 Å². The average molecular weight is 614 g/mol. The van der Waals surface area contributed by atoms with Crippen LogP contribution in [0.25, 0.3) is 54.9 Å². The second kappa shape index (κ2) is 11.1. The normalized spacial score (nSPS) is 13.0. The molecule has 1 nitrogen and oxygen atoms in total. The molecule has 0 fully saturated rings. The highest BCUT2D eigenvalue weighted by Crippen LogP contribution is 2.56. The van der Waals surface area contributed by atoms with Crippen LogP contribution in [0, 0.1) is 0 Å². The largest absolute Gasteiger partial charge is 0.310 e. The van der Waals surface area contributed by atoms with Gasteiger partial charge in [0.15, 0.2) is 0 Å². The lowest BCUT2D eigenvalue weighted by Gasteiger charge is -2.30. The molecule has 228 valence electrons. The predicted octanol–water partition coefficient (Wildman–Crippen LogP) is 13.1. The van der Waals surface area contributed by atoms with E-state index >= 15 is 0 Å². The van der Waals surface area contributed by atoms with Gasteiger partial charge in [0.05, 0.1) is 5.69 Å². The van der Waals surface area contributed by atoms with Gasteiger partial charge in [0, 0.05) is 22.4 Å². The number of rotatable bonds is 5. The van der Waals surface area contributed by atoms with Crippen LogP contribution in [-0.4, -0.2) is 0 Å². The molecule has 0 saturated heterocycles. The number of anilines is 3. The van der Waals surface area contributed by atoms with Crippen molar-refractivity contribution in [3.8, 4) is 33.4 Å². The molecule has 9 rings (SSSR count).